The number of carbonyl (C=O) groups is 2. The molecule has 0 aliphatic heterocycles. The van der Waals surface area contributed by atoms with E-state index in [0.717, 1.165) is 62.0 Å². The smallest absolute Gasteiger partial charge is 0.349 e. The Balaban J connectivity index is 1.99. The van der Waals surface area contributed by atoms with Crippen LogP contribution in [-0.4, -0.2) is 29.1 Å². The fraction of sp³-hybridized carbons (Fsp3) is 0.571. The van der Waals surface area contributed by atoms with Crippen molar-refractivity contribution in [3.63, 3.8) is 0 Å². The SMILES string of the molecule is CCCCn1c(C)cc(/C=C(\C#N)C(=O)OCC(=O)NC2CCCC2)c1C. The van der Waals surface area contributed by atoms with Crippen LogP contribution in [-0.2, 0) is 20.9 Å². The van der Waals surface area contributed by atoms with Crippen LogP contribution in [0.5, 0.6) is 0 Å². The number of aryl methyl sites for hydroxylation is 1. The van der Waals surface area contributed by atoms with Crippen LogP contribution in [0.1, 0.15) is 62.4 Å². The van der Waals surface area contributed by atoms with Crippen LogP contribution >= 0.6 is 0 Å². The number of nitrogens with zero attached hydrogens (tertiary/aromatic N) is 2. The molecule has 0 unspecified atom stereocenters. The number of carbonyl (C=O) groups excluding carboxylic acids is 2. The number of aromatic nitrogens is 1. The van der Waals surface area contributed by atoms with Crippen molar-refractivity contribution in [1.82, 2.24) is 9.88 Å². The number of ether oxygens (including phenoxy) is 1. The summed E-state index contributed by atoms with van der Waals surface area (Å²) in [4.78, 5) is 24.1. The van der Waals surface area contributed by atoms with Crippen molar-refractivity contribution in [2.75, 3.05) is 6.61 Å². The van der Waals surface area contributed by atoms with E-state index in [-0.39, 0.29) is 24.1 Å². The highest BCUT2D eigenvalue weighted by molar-refractivity contribution is 5.99. The lowest BCUT2D eigenvalue weighted by molar-refractivity contribution is -0.144. The molecule has 1 N–H and O–H groups in total. The molecule has 0 aromatic carbocycles. The molecule has 0 atom stereocenters. The van der Waals surface area contributed by atoms with Crippen molar-refractivity contribution in [3.05, 3.63) is 28.6 Å². The van der Waals surface area contributed by atoms with E-state index >= 15 is 0 Å². The second kappa shape index (κ2) is 9.96. The summed E-state index contributed by atoms with van der Waals surface area (Å²) >= 11 is 0. The first-order valence-electron chi connectivity index (χ1n) is 9.71. The maximum atomic E-state index is 12.2. The first-order valence-corrected chi connectivity index (χ1v) is 9.71. The number of nitriles is 1. The molecule has 27 heavy (non-hydrogen) atoms. The number of hydrogen-bond acceptors (Lipinski definition) is 4. The molecule has 1 aromatic heterocycles. The highest BCUT2D eigenvalue weighted by atomic mass is 16.5. The molecule has 0 spiro atoms. The van der Waals surface area contributed by atoms with E-state index in [4.69, 9.17) is 4.74 Å². The van der Waals surface area contributed by atoms with E-state index < -0.39 is 5.97 Å². The van der Waals surface area contributed by atoms with E-state index in [1.54, 1.807) is 6.08 Å². The van der Waals surface area contributed by atoms with Gasteiger partial charge in [-0.1, -0.05) is 26.2 Å². The van der Waals surface area contributed by atoms with Crippen LogP contribution in [0.2, 0.25) is 0 Å². The monoisotopic (exact) mass is 371 g/mol. The van der Waals surface area contributed by atoms with Crippen molar-refractivity contribution in [2.24, 2.45) is 0 Å². The summed E-state index contributed by atoms with van der Waals surface area (Å²) in [6, 6.07) is 4.03. The summed E-state index contributed by atoms with van der Waals surface area (Å²) < 4.78 is 7.22. The highest BCUT2D eigenvalue weighted by Crippen LogP contribution is 2.20. The van der Waals surface area contributed by atoms with Gasteiger partial charge in [-0.2, -0.15) is 5.26 Å². The molecule has 0 bridgehead atoms. The second-order valence-electron chi connectivity index (χ2n) is 7.13. The normalized spacial score (nSPS) is 14.8. The summed E-state index contributed by atoms with van der Waals surface area (Å²) in [5.74, 6) is -1.08. The maximum Gasteiger partial charge on any atom is 0.349 e. The van der Waals surface area contributed by atoms with Crippen LogP contribution in [0.4, 0.5) is 0 Å². The molecule has 1 amide bonds. The maximum absolute atomic E-state index is 12.2. The molecule has 6 heteroatoms. The molecule has 1 aliphatic carbocycles. The molecule has 0 radical (unpaired) electrons. The number of amides is 1. The Morgan fingerprint density at radius 2 is 2.07 bits per heavy atom. The molecule has 1 aliphatic rings. The molecule has 0 saturated heterocycles. The lowest BCUT2D eigenvalue weighted by Crippen LogP contribution is -2.36. The van der Waals surface area contributed by atoms with E-state index in [9.17, 15) is 14.9 Å². The third-order valence-corrected chi connectivity index (χ3v) is 5.04. The van der Waals surface area contributed by atoms with Gasteiger partial charge in [0.15, 0.2) is 6.61 Å². The minimum Gasteiger partial charge on any atom is -0.451 e. The van der Waals surface area contributed by atoms with Crippen molar-refractivity contribution in [3.8, 4) is 6.07 Å². The zero-order valence-corrected chi connectivity index (χ0v) is 16.5. The van der Waals surface area contributed by atoms with Crippen LogP contribution < -0.4 is 5.32 Å². The predicted octanol–water partition coefficient (Wildman–Crippen LogP) is 3.41. The van der Waals surface area contributed by atoms with Gasteiger partial charge in [-0.05, 0) is 50.8 Å². The van der Waals surface area contributed by atoms with Gasteiger partial charge < -0.3 is 14.6 Å². The molecule has 1 fully saturated rings. The third-order valence-electron chi connectivity index (χ3n) is 5.04. The van der Waals surface area contributed by atoms with Gasteiger partial charge >= 0.3 is 5.97 Å². The van der Waals surface area contributed by atoms with Crippen LogP contribution in [0, 0.1) is 25.2 Å². The zero-order valence-electron chi connectivity index (χ0n) is 16.5. The van der Waals surface area contributed by atoms with Gasteiger partial charge in [0.1, 0.15) is 11.6 Å². The fourth-order valence-corrected chi connectivity index (χ4v) is 3.47. The fourth-order valence-electron chi connectivity index (χ4n) is 3.47. The van der Waals surface area contributed by atoms with Crippen LogP contribution in [0.15, 0.2) is 11.6 Å². The van der Waals surface area contributed by atoms with Crippen LogP contribution in [0.25, 0.3) is 6.08 Å². The zero-order chi connectivity index (χ0) is 19.8. The number of unbranched alkanes of at least 4 members (excludes halogenated alkanes) is 1. The van der Waals surface area contributed by atoms with Gasteiger partial charge in [-0.15, -0.1) is 0 Å². The standard InChI is InChI=1S/C21H29N3O3/c1-4-5-10-24-15(2)11-17(16(24)3)12-18(13-22)21(26)27-14-20(25)23-19-8-6-7-9-19/h11-12,19H,4-10,14H2,1-3H3,(H,23,25)/b18-12+. The molecule has 6 nitrogen and oxygen atoms in total. The largest absolute Gasteiger partial charge is 0.451 e. The van der Waals surface area contributed by atoms with Gasteiger partial charge in [0.05, 0.1) is 0 Å². The summed E-state index contributed by atoms with van der Waals surface area (Å²) in [5, 5.41) is 12.2. The number of esters is 1. The van der Waals surface area contributed by atoms with Gasteiger partial charge in [0.25, 0.3) is 5.91 Å². The summed E-state index contributed by atoms with van der Waals surface area (Å²) in [5.41, 5.74) is 2.83. The predicted molar refractivity (Wildman–Crippen MR) is 104 cm³/mol. The molecule has 146 valence electrons. The summed E-state index contributed by atoms with van der Waals surface area (Å²) in [6.07, 6.45) is 7.88. The number of nitrogens with one attached hydrogen (secondary N) is 1. The summed E-state index contributed by atoms with van der Waals surface area (Å²) in [6.45, 7) is 6.68. The molecule has 1 aromatic rings. The first kappa shape index (κ1) is 20.8. The highest BCUT2D eigenvalue weighted by Gasteiger charge is 2.19. The molecule has 1 heterocycles. The van der Waals surface area contributed by atoms with E-state index in [1.165, 1.54) is 0 Å². The molecular weight excluding hydrogens is 342 g/mol. The first-order chi connectivity index (χ1) is 13.0. The number of hydrogen-bond donors (Lipinski definition) is 1. The van der Waals surface area contributed by atoms with Gasteiger partial charge in [0.2, 0.25) is 0 Å². The Morgan fingerprint density at radius 1 is 1.37 bits per heavy atom. The average molecular weight is 371 g/mol. The van der Waals surface area contributed by atoms with Gasteiger partial charge in [-0.3, -0.25) is 4.79 Å². The second-order valence-corrected chi connectivity index (χ2v) is 7.13. The Morgan fingerprint density at radius 3 is 2.70 bits per heavy atom. The van der Waals surface area contributed by atoms with Crippen molar-refractivity contribution in [1.29, 1.82) is 5.26 Å². The molecule has 2 rings (SSSR count). The minimum atomic E-state index is -0.766. The minimum absolute atomic E-state index is 0.0978. The van der Waals surface area contributed by atoms with Crippen molar-refractivity contribution in [2.45, 2.75) is 71.9 Å². The van der Waals surface area contributed by atoms with E-state index in [2.05, 4.69) is 16.8 Å². The Kier molecular flexibility index (Phi) is 7.66. The van der Waals surface area contributed by atoms with Gasteiger partial charge in [0, 0.05) is 24.0 Å². The van der Waals surface area contributed by atoms with Crippen molar-refractivity contribution < 1.29 is 14.3 Å². The topological polar surface area (TPSA) is 84.1 Å². The lowest BCUT2D eigenvalue weighted by atomic mass is 10.1. The van der Waals surface area contributed by atoms with Crippen LogP contribution in [0.3, 0.4) is 0 Å². The van der Waals surface area contributed by atoms with Gasteiger partial charge in [-0.25, -0.2) is 4.79 Å². The van der Waals surface area contributed by atoms with Crippen molar-refractivity contribution >= 4 is 18.0 Å². The third kappa shape index (κ3) is 5.72. The summed E-state index contributed by atoms with van der Waals surface area (Å²) in [7, 11) is 0. The Labute approximate surface area is 161 Å². The Hall–Kier alpha value is -2.55. The number of rotatable bonds is 8. The average Bonchev–Trinajstić information content (AvgIpc) is 3.24. The lowest BCUT2D eigenvalue weighted by Gasteiger charge is -2.11. The van der Waals surface area contributed by atoms with E-state index in [1.807, 2.05) is 26.0 Å². The molecule has 1 saturated carbocycles. The van der Waals surface area contributed by atoms with E-state index in [0.29, 0.717) is 0 Å². The Bertz CT molecular complexity index is 749. The molecular formula is C21H29N3O3. The quantitative estimate of drug-likeness (QED) is 0.431.